The van der Waals surface area contributed by atoms with Gasteiger partial charge in [-0.3, -0.25) is 30.1 Å². The number of hydrogen-bond donors (Lipinski definition) is 2. The number of nitro groups is 1. The van der Waals surface area contributed by atoms with Crippen LogP contribution in [0, 0.1) is 15.5 Å². The Morgan fingerprint density at radius 2 is 1.33 bits per heavy atom. The van der Waals surface area contributed by atoms with Gasteiger partial charge in [-0.1, -0.05) is 24.3 Å². The Kier molecular flexibility index (Phi) is 5.47. The molecule has 0 atom stereocenters. The number of anilines is 1. The van der Waals surface area contributed by atoms with Gasteiger partial charge in [0.1, 0.15) is 0 Å². The summed E-state index contributed by atoms with van der Waals surface area (Å²) in [5, 5.41) is 29.0. The highest BCUT2D eigenvalue weighted by Gasteiger charge is 2.56. The standard InChI is InChI=1S/C20H20N2O8/c1-19(2)29-17(23)20(18(24)30-19,11-13-3-7-15(8-4-13)21(25)26)12-14-5-9-16(10-6-14)22(27)28/h3-10,25-26H,11-12H2,1-2H3. The highest BCUT2D eigenvalue weighted by Crippen LogP contribution is 2.38. The van der Waals surface area contributed by atoms with Crippen molar-refractivity contribution >= 4 is 23.3 Å². The summed E-state index contributed by atoms with van der Waals surface area (Å²) in [7, 11) is 0. The number of cyclic esters (lactones) is 2. The van der Waals surface area contributed by atoms with E-state index in [9.17, 15) is 19.7 Å². The number of carbonyl (C=O) groups is 2. The van der Waals surface area contributed by atoms with E-state index in [-0.39, 0.29) is 29.4 Å². The van der Waals surface area contributed by atoms with Gasteiger partial charge in [0.05, 0.1) is 10.6 Å². The van der Waals surface area contributed by atoms with Gasteiger partial charge in [-0.2, -0.15) is 0 Å². The fourth-order valence-electron chi connectivity index (χ4n) is 3.28. The molecule has 1 heterocycles. The largest absolute Gasteiger partial charge is 0.422 e. The minimum Gasteiger partial charge on any atom is -0.422 e. The molecule has 0 bridgehead atoms. The molecule has 1 aliphatic rings. The number of esters is 2. The van der Waals surface area contributed by atoms with Crippen LogP contribution in [0.5, 0.6) is 0 Å². The molecular formula is C20H20N2O8. The highest BCUT2D eigenvalue weighted by atomic mass is 16.8. The molecule has 30 heavy (non-hydrogen) atoms. The smallest absolute Gasteiger partial charge is 0.327 e. The number of hydrogen-bond acceptors (Lipinski definition) is 9. The molecule has 2 aromatic rings. The van der Waals surface area contributed by atoms with Gasteiger partial charge in [0, 0.05) is 26.0 Å². The Bertz CT molecular complexity index is 947. The van der Waals surface area contributed by atoms with E-state index in [1.54, 1.807) is 0 Å². The lowest BCUT2D eigenvalue weighted by molar-refractivity contribution is -0.384. The first-order valence-electron chi connectivity index (χ1n) is 8.99. The summed E-state index contributed by atoms with van der Waals surface area (Å²) in [5.74, 6) is -2.94. The first kappa shape index (κ1) is 21.2. The third-order valence-corrected chi connectivity index (χ3v) is 4.78. The zero-order valence-electron chi connectivity index (χ0n) is 16.3. The van der Waals surface area contributed by atoms with Crippen molar-refractivity contribution in [3.63, 3.8) is 0 Å². The number of nitro benzene ring substituents is 1. The third kappa shape index (κ3) is 4.24. The molecule has 0 unspecified atom stereocenters. The van der Waals surface area contributed by atoms with Gasteiger partial charge in [-0.15, -0.1) is 5.23 Å². The summed E-state index contributed by atoms with van der Waals surface area (Å²) in [6, 6.07) is 11.4. The van der Waals surface area contributed by atoms with E-state index >= 15 is 0 Å². The van der Waals surface area contributed by atoms with Crippen molar-refractivity contribution in [1.82, 2.24) is 0 Å². The van der Waals surface area contributed by atoms with Crippen LogP contribution in [0.3, 0.4) is 0 Å². The van der Waals surface area contributed by atoms with E-state index in [1.807, 2.05) is 0 Å². The number of benzene rings is 2. The average Bonchev–Trinajstić information content (AvgIpc) is 2.66. The minimum atomic E-state index is -1.70. The molecule has 158 valence electrons. The summed E-state index contributed by atoms with van der Waals surface area (Å²) in [6.45, 7) is 2.90. The second kappa shape index (κ2) is 7.73. The molecular weight excluding hydrogens is 396 g/mol. The van der Waals surface area contributed by atoms with Gasteiger partial charge in [-0.05, 0) is 36.1 Å². The summed E-state index contributed by atoms with van der Waals surface area (Å²) < 4.78 is 10.7. The molecule has 2 aromatic carbocycles. The Morgan fingerprint density at radius 1 is 0.900 bits per heavy atom. The van der Waals surface area contributed by atoms with E-state index in [1.165, 1.54) is 62.4 Å². The lowest BCUT2D eigenvalue weighted by Gasteiger charge is -2.40. The monoisotopic (exact) mass is 416 g/mol. The van der Waals surface area contributed by atoms with Gasteiger partial charge in [0.2, 0.25) is 0 Å². The van der Waals surface area contributed by atoms with Gasteiger partial charge in [-0.25, -0.2) is 0 Å². The van der Waals surface area contributed by atoms with Crippen molar-refractivity contribution in [3.8, 4) is 0 Å². The van der Waals surface area contributed by atoms with E-state index in [0.29, 0.717) is 11.1 Å². The summed E-state index contributed by atoms with van der Waals surface area (Å²) >= 11 is 0. The van der Waals surface area contributed by atoms with Gasteiger partial charge in [0.25, 0.3) is 11.5 Å². The molecule has 1 aliphatic heterocycles. The number of ether oxygens (including phenoxy) is 2. The van der Waals surface area contributed by atoms with Crippen LogP contribution in [0.2, 0.25) is 0 Å². The van der Waals surface area contributed by atoms with Crippen molar-refractivity contribution < 1.29 is 34.4 Å². The number of carbonyl (C=O) groups excluding carboxylic acids is 2. The SMILES string of the molecule is CC1(C)OC(=O)C(Cc2ccc(N(O)O)cc2)(Cc2ccc([N+](=O)[O-])cc2)C(=O)O1. The van der Waals surface area contributed by atoms with Crippen LogP contribution in [-0.2, 0) is 31.9 Å². The van der Waals surface area contributed by atoms with Crippen molar-refractivity contribution in [2.24, 2.45) is 5.41 Å². The molecule has 3 rings (SSSR count). The number of nitrogens with zero attached hydrogens (tertiary/aromatic N) is 2. The molecule has 1 saturated heterocycles. The summed E-state index contributed by atoms with van der Waals surface area (Å²) in [4.78, 5) is 36.3. The minimum absolute atomic E-state index is 0.0535. The maximum Gasteiger partial charge on any atom is 0.327 e. The Morgan fingerprint density at radius 3 is 1.73 bits per heavy atom. The first-order valence-corrected chi connectivity index (χ1v) is 8.99. The lowest BCUT2D eigenvalue weighted by Crippen LogP contribution is -2.56. The van der Waals surface area contributed by atoms with Gasteiger partial charge < -0.3 is 9.47 Å². The van der Waals surface area contributed by atoms with Crippen LogP contribution in [0.25, 0.3) is 0 Å². The Hall–Kier alpha value is -3.50. The summed E-state index contributed by atoms with van der Waals surface area (Å²) in [6.07, 6.45) is -0.165. The average molecular weight is 416 g/mol. The van der Waals surface area contributed by atoms with Crippen molar-refractivity contribution in [2.45, 2.75) is 32.5 Å². The van der Waals surface area contributed by atoms with Crippen molar-refractivity contribution in [1.29, 1.82) is 0 Å². The Labute approximate surface area is 171 Å². The summed E-state index contributed by atoms with van der Waals surface area (Å²) in [5.41, 5.74) is -0.654. The fraction of sp³-hybridized carbons (Fsp3) is 0.300. The first-order chi connectivity index (χ1) is 14.0. The van der Waals surface area contributed by atoms with E-state index in [4.69, 9.17) is 19.9 Å². The quantitative estimate of drug-likeness (QED) is 0.315. The third-order valence-electron chi connectivity index (χ3n) is 4.78. The predicted molar refractivity (Wildman–Crippen MR) is 102 cm³/mol. The van der Waals surface area contributed by atoms with Crippen LogP contribution in [0.15, 0.2) is 48.5 Å². The van der Waals surface area contributed by atoms with Crippen molar-refractivity contribution in [2.75, 3.05) is 5.23 Å². The van der Waals surface area contributed by atoms with Crippen LogP contribution in [0.4, 0.5) is 11.4 Å². The lowest BCUT2D eigenvalue weighted by atomic mass is 9.75. The zero-order chi connectivity index (χ0) is 22.1. The van der Waals surface area contributed by atoms with Crippen LogP contribution < -0.4 is 5.23 Å². The molecule has 0 aliphatic carbocycles. The van der Waals surface area contributed by atoms with Crippen molar-refractivity contribution in [3.05, 3.63) is 69.8 Å². The van der Waals surface area contributed by atoms with Crippen LogP contribution in [-0.4, -0.2) is 33.1 Å². The molecule has 0 amide bonds. The molecule has 0 radical (unpaired) electrons. The molecule has 0 aromatic heterocycles. The molecule has 0 saturated carbocycles. The van der Waals surface area contributed by atoms with E-state index in [2.05, 4.69) is 0 Å². The topological polar surface area (TPSA) is 139 Å². The second-order valence-corrected chi connectivity index (χ2v) is 7.49. The van der Waals surface area contributed by atoms with E-state index < -0.39 is 28.1 Å². The molecule has 10 heteroatoms. The maximum atomic E-state index is 13.0. The maximum absolute atomic E-state index is 13.0. The highest BCUT2D eigenvalue weighted by molar-refractivity contribution is 6.02. The second-order valence-electron chi connectivity index (χ2n) is 7.49. The predicted octanol–water partition coefficient (Wildman–Crippen LogP) is 2.79. The Balaban J connectivity index is 1.97. The zero-order valence-corrected chi connectivity index (χ0v) is 16.3. The van der Waals surface area contributed by atoms with E-state index in [0.717, 1.165) is 0 Å². The normalized spacial score (nSPS) is 17.1. The van der Waals surface area contributed by atoms with Gasteiger partial charge in [0.15, 0.2) is 5.41 Å². The molecule has 2 N–H and O–H groups in total. The molecule has 1 fully saturated rings. The fourth-order valence-corrected chi connectivity index (χ4v) is 3.28. The molecule has 0 spiro atoms. The molecule has 10 nitrogen and oxygen atoms in total. The number of non-ortho nitro benzene ring substituents is 1. The van der Waals surface area contributed by atoms with Crippen LogP contribution >= 0.6 is 0 Å². The number of rotatable bonds is 6. The van der Waals surface area contributed by atoms with Gasteiger partial charge >= 0.3 is 11.9 Å². The van der Waals surface area contributed by atoms with Crippen LogP contribution in [0.1, 0.15) is 25.0 Å².